The van der Waals surface area contributed by atoms with Crippen LogP contribution in [0.1, 0.15) is 59.6 Å². The van der Waals surface area contributed by atoms with Gasteiger partial charge in [-0.05, 0) is 54.8 Å². The molecule has 0 atom stereocenters. The van der Waals surface area contributed by atoms with Crippen molar-refractivity contribution >= 4 is 40.5 Å². The minimum absolute atomic E-state index is 0.190. The first kappa shape index (κ1) is 25.3. The number of benzene rings is 2. The molecule has 3 aromatic rings. The van der Waals surface area contributed by atoms with E-state index in [1.165, 1.54) is 42.7 Å². The van der Waals surface area contributed by atoms with E-state index >= 15 is 0 Å². The van der Waals surface area contributed by atoms with Crippen LogP contribution in [-0.4, -0.2) is 25.2 Å². The van der Waals surface area contributed by atoms with Crippen molar-refractivity contribution in [1.29, 1.82) is 0 Å². The molecule has 1 aromatic heterocycles. The molecular weight excluding hydrogens is 444 g/mol. The van der Waals surface area contributed by atoms with Crippen LogP contribution in [-0.2, 0) is 11.4 Å². The number of nitrogens with one attached hydrogen (secondary N) is 1. The van der Waals surface area contributed by atoms with Gasteiger partial charge in [-0.1, -0.05) is 56.1 Å². The Bertz CT molecular complexity index is 1050. The number of carbonyl (C=O) groups excluding carboxylic acids is 1. The first-order valence-electron chi connectivity index (χ1n) is 11.9. The lowest BCUT2D eigenvalue weighted by Gasteiger charge is -2.24. The lowest BCUT2D eigenvalue weighted by atomic mass is 10.2. The highest BCUT2D eigenvalue weighted by molar-refractivity contribution is 7.14. The molecule has 7 heteroatoms. The average Bonchev–Trinajstić information content (AvgIpc) is 3.33. The number of nitrogen functional groups attached to an aromatic ring is 1. The molecule has 3 rings (SSSR count). The van der Waals surface area contributed by atoms with E-state index in [9.17, 15) is 4.79 Å². The lowest BCUT2D eigenvalue weighted by molar-refractivity contribution is 0.103. The Labute approximate surface area is 206 Å². The van der Waals surface area contributed by atoms with Crippen molar-refractivity contribution in [3.05, 3.63) is 76.0 Å². The van der Waals surface area contributed by atoms with E-state index in [1.54, 1.807) is 24.4 Å². The molecule has 0 saturated heterocycles. The van der Waals surface area contributed by atoms with Crippen LogP contribution in [0.25, 0.3) is 0 Å². The van der Waals surface area contributed by atoms with Crippen LogP contribution in [0.4, 0.5) is 17.1 Å². The topological polar surface area (TPSA) is 80.0 Å². The summed E-state index contributed by atoms with van der Waals surface area (Å²) >= 11 is 1.37. The van der Waals surface area contributed by atoms with Gasteiger partial charge >= 0.3 is 0 Å². The highest BCUT2D eigenvalue weighted by Crippen LogP contribution is 2.22. The summed E-state index contributed by atoms with van der Waals surface area (Å²) in [7, 11) is 0. The summed E-state index contributed by atoms with van der Waals surface area (Å²) in [6.07, 6.45) is 6.51. The van der Waals surface area contributed by atoms with Gasteiger partial charge < -0.3 is 20.8 Å². The van der Waals surface area contributed by atoms with Gasteiger partial charge in [0, 0.05) is 23.7 Å². The number of anilines is 3. The second-order valence-electron chi connectivity index (χ2n) is 8.10. The van der Waals surface area contributed by atoms with Gasteiger partial charge in [-0.15, -0.1) is 11.3 Å². The van der Waals surface area contributed by atoms with E-state index in [1.807, 2.05) is 18.2 Å². The minimum Gasteiger partial charge on any atom is -0.397 e. The van der Waals surface area contributed by atoms with E-state index in [0.717, 1.165) is 23.5 Å². The molecule has 0 aliphatic carbocycles. The molecule has 0 fully saturated rings. The summed E-state index contributed by atoms with van der Waals surface area (Å²) in [5, 5.41) is 6.93. The molecule has 6 nitrogen and oxygen atoms in total. The van der Waals surface area contributed by atoms with E-state index in [4.69, 9.17) is 10.6 Å². The maximum absolute atomic E-state index is 12.5. The Kier molecular flexibility index (Phi) is 9.98. The molecular formula is C27H34N4O2S. The molecule has 0 unspecified atom stereocenters. The van der Waals surface area contributed by atoms with Crippen LogP contribution in [0.3, 0.4) is 0 Å². The largest absolute Gasteiger partial charge is 0.397 e. The number of rotatable bonds is 13. The predicted octanol–water partition coefficient (Wildman–Crippen LogP) is 6.54. The minimum atomic E-state index is -0.190. The van der Waals surface area contributed by atoms with Gasteiger partial charge in [0.15, 0.2) is 6.61 Å². The zero-order chi connectivity index (χ0) is 24.2. The van der Waals surface area contributed by atoms with Crippen molar-refractivity contribution in [2.45, 2.75) is 46.1 Å². The second-order valence-corrected chi connectivity index (χ2v) is 9.27. The third-order valence-electron chi connectivity index (χ3n) is 5.40. The van der Waals surface area contributed by atoms with E-state index < -0.39 is 0 Å². The maximum atomic E-state index is 12.5. The molecule has 0 bridgehead atoms. The van der Waals surface area contributed by atoms with Crippen LogP contribution < -0.4 is 16.0 Å². The van der Waals surface area contributed by atoms with Gasteiger partial charge in [0.05, 0.1) is 22.5 Å². The van der Waals surface area contributed by atoms with Crippen LogP contribution in [0.5, 0.6) is 0 Å². The number of hydrogen-bond donors (Lipinski definition) is 2. The summed E-state index contributed by atoms with van der Waals surface area (Å²) in [5.41, 5.74) is 9.27. The molecule has 3 N–H and O–H groups in total. The normalized spacial score (nSPS) is 11.0. The molecule has 34 heavy (non-hydrogen) atoms. The third kappa shape index (κ3) is 7.63. The number of hydrogen-bond acceptors (Lipinski definition) is 6. The fourth-order valence-corrected chi connectivity index (χ4v) is 4.22. The molecule has 180 valence electrons. The molecule has 1 heterocycles. The van der Waals surface area contributed by atoms with Crippen molar-refractivity contribution in [3.63, 3.8) is 0 Å². The van der Waals surface area contributed by atoms with Crippen molar-refractivity contribution < 1.29 is 9.63 Å². The van der Waals surface area contributed by atoms with Gasteiger partial charge in [0.2, 0.25) is 0 Å². The molecule has 2 aromatic carbocycles. The first-order valence-corrected chi connectivity index (χ1v) is 12.7. The standard InChI is InChI=1S/C27H34N4O2S/c1-3-5-17-31(18-6-4-2)22-13-11-21(12-14-22)19-29-33-20-23-15-16-26(34-23)27(32)30-25-10-8-7-9-24(25)28/h7-16,19H,3-6,17-18,20,28H2,1-2H3,(H,30,32)/b29-19+. The zero-order valence-electron chi connectivity index (χ0n) is 20.0. The van der Waals surface area contributed by atoms with E-state index in [0.29, 0.717) is 22.9 Å². The number of nitrogens with two attached hydrogens (primary N) is 1. The van der Waals surface area contributed by atoms with Crippen molar-refractivity contribution in [2.75, 3.05) is 29.0 Å². The quantitative estimate of drug-likeness (QED) is 0.166. The van der Waals surface area contributed by atoms with Crippen LogP contribution in [0.2, 0.25) is 0 Å². The van der Waals surface area contributed by atoms with Gasteiger partial charge in [-0.2, -0.15) is 0 Å². The Balaban J connectivity index is 1.49. The van der Waals surface area contributed by atoms with Gasteiger partial charge in [-0.25, -0.2) is 0 Å². The summed E-state index contributed by atoms with van der Waals surface area (Å²) in [6, 6.07) is 19.3. The Morgan fingerprint density at radius 1 is 1.03 bits per heavy atom. The summed E-state index contributed by atoms with van der Waals surface area (Å²) < 4.78 is 0. The lowest BCUT2D eigenvalue weighted by Crippen LogP contribution is -2.25. The number of nitrogens with zero attached hydrogens (tertiary/aromatic N) is 2. The number of oxime groups is 1. The number of amides is 1. The van der Waals surface area contributed by atoms with Crippen molar-refractivity contribution in [3.8, 4) is 0 Å². The van der Waals surface area contributed by atoms with Gasteiger partial charge in [0.1, 0.15) is 0 Å². The zero-order valence-corrected chi connectivity index (χ0v) is 20.8. The number of para-hydroxylation sites is 2. The third-order valence-corrected chi connectivity index (χ3v) is 6.46. The summed E-state index contributed by atoms with van der Waals surface area (Å²) in [6.45, 7) is 6.94. The number of unbranched alkanes of at least 4 members (excludes halogenated alkanes) is 2. The fourth-order valence-electron chi connectivity index (χ4n) is 3.41. The van der Waals surface area contributed by atoms with Crippen LogP contribution in [0, 0.1) is 0 Å². The molecule has 0 aliphatic heterocycles. The summed E-state index contributed by atoms with van der Waals surface area (Å²) in [4.78, 5) is 21.9. The Morgan fingerprint density at radius 3 is 2.41 bits per heavy atom. The van der Waals surface area contributed by atoms with Gasteiger partial charge in [0.25, 0.3) is 5.91 Å². The smallest absolute Gasteiger partial charge is 0.265 e. The molecule has 0 aliphatic rings. The first-order chi connectivity index (χ1) is 16.6. The Hall–Kier alpha value is -3.32. The second kappa shape index (κ2) is 13.4. The van der Waals surface area contributed by atoms with E-state index in [2.05, 4.69) is 53.5 Å². The fraction of sp³-hybridized carbons (Fsp3) is 0.333. The Morgan fingerprint density at radius 2 is 1.74 bits per heavy atom. The monoisotopic (exact) mass is 478 g/mol. The molecule has 0 radical (unpaired) electrons. The van der Waals surface area contributed by atoms with Crippen LogP contribution in [0.15, 0.2) is 65.8 Å². The molecule has 0 saturated carbocycles. The van der Waals surface area contributed by atoms with E-state index in [-0.39, 0.29) is 5.91 Å². The van der Waals surface area contributed by atoms with Gasteiger partial charge in [-0.3, -0.25) is 4.79 Å². The molecule has 1 amide bonds. The predicted molar refractivity (Wildman–Crippen MR) is 144 cm³/mol. The highest BCUT2D eigenvalue weighted by atomic mass is 32.1. The number of thiophene rings is 1. The van der Waals surface area contributed by atoms with Crippen LogP contribution >= 0.6 is 11.3 Å². The molecule has 0 spiro atoms. The van der Waals surface area contributed by atoms with Crippen molar-refractivity contribution in [2.24, 2.45) is 5.16 Å². The van der Waals surface area contributed by atoms with Crippen molar-refractivity contribution in [1.82, 2.24) is 0 Å². The summed E-state index contributed by atoms with van der Waals surface area (Å²) in [5.74, 6) is -0.190. The maximum Gasteiger partial charge on any atom is 0.265 e. The average molecular weight is 479 g/mol. The SMILES string of the molecule is CCCCN(CCCC)c1ccc(/C=N/OCc2ccc(C(=O)Nc3ccccc3N)s2)cc1. The number of carbonyl (C=O) groups is 1. The highest BCUT2D eigenvalue weighted by Gasteiger charge is 2.11.